The van der Waals surface area contributed by atoms with Gasteiger partial charge in [0.15, 0.2) is 0 Å². The molecular formula is C30H36F4N6OS. The first kappa shape index (κ1) is 30.5. The van der Waals surface area contributed by atoms with Crippen LogP contribution in [0.5, 0.6) is 0 Å². The summed E-state index contributed by atoms with van der Waals surface area (Å²) in [5, 5.41) is 4.51. The van der Waals surface area contributed by atoms with E-state index in [1.54, 1.807) is 17.6 Å². The molecule has 1 N–H and O–H groups in total. The van der Waals surface area contributed by atoms with Gasteiger partial charge in [-0.2, -0.15) is 13.2 Å². The number of nitrogens with one attached hydrogen (secondary N) is 1. The van der Waals surface area contributed by atoms with Crippen LogP contribution in [0.2, 0.25) is 0 Å². The van der Waals surface area contributed by atoms with Crippen LogP contribution in [0.1, 0.15) is 63.5 Å². The molecule has 0 spiro atoms. The molecule has 1 amide bonds. The summed E-state index contributed by atoms with van der Waals surface area (Å²) < 4.78 is 56.0. The van der Waals surface area contributed by atoms with Gasteiger partial charge in [-0.05, 0) is 70.1 Å². The molecule has 0 bridgehead atoms. The number of thiophene rings is 1. The molecule has 1 aromatic carbocycles. The summed E-state index contributed by atoms with van der Waals surface area (Å²) in [5.41, 5.74) is 0.742. The fraction of sp³-hybridized carbons (Fsp3) is 0.500. The zero-order valence-electron chi connectivity index (χ0n) is 24.3. The van der Waals surface area contributed by atoms with Gasteiger partial charge in [0.2, 0.25) is 0 Å². The Morgan fingerprint density at radius 3 is 2.60 bits per heavy atom. The van der Waals surface area contributed by atoms with E-state index in [-0.39, 0.29) is 5.69 Å². The first-order chi connectivity index (χ1) is 19.8. The summed E-state index contributed by atoms with van der Waals surface area (Å²) in [6.45, 7) is 6.61. The number of hydrogen-bond acceptors (Lipinski definition) is 7. The number of likely N-dealkylation sites (N-methyl/N-ethyl adjacent to an activating group) is 1. The van der Waals surface area contributed by atoms with Gasteiger partial charge in [0, 0.05) is 73.0 Å². The second kappa shape index (κ2) is 12.0. The molecule has 2 aliphatic heterocycles. The zero-order chi connectivity index (χ0) is 30.2. The number of carbonyl (C=O) groups is 1. The van der Waals surface area contributed by atoms with Gasteiger partial charge in [0.1, 0.15) is 12.0 Å². The molecule has 12 heteroatoms. The number of anilines is 1. The topological polar surface area (TPSA) is 64.6 Å². The molecule has 0 radical (unpaired) electrons. The predicted octanol–water partition coefficient (Wildman–Crippen LogP) is 5.71. The Hall–Kier alpha value is -2.93. The number of alkyl halides is 4. The molecular weight excluding hydrogens is 568 g/mol. The Labute approximate surface area is 247 Å². The lowest BCUT2D eigenvalue weighted by molar-refractivity contribution is -0.137. The highest BCUT2D eigenvalue weighted by Crippen LogP contribution is 2.35. The van der Waals surface area contributed by atoms with Crippen LogP contribution >= 0.6 is 11.3 Å². The fourth-order valence-corrected chi connectivity index (χ4v) is 6.93. The minimum Gasteiger partial charge on any atom is -0.322 e. The number of likely N-dealkylation sites (tertiary alicyclic amines) is 1. The Bertz CT molecular complexity index is 1430. The maximum atomic E-state index is 14.7. The molecule has 1 saturated heterocycles. The number of benzene rings is 1. The van der Waals surface area contributed by atoms with Gasteiger partial charge < -0.3 is 10.2 Å². The van der Waals surface area contributed by atoms with Gasteiger partial charge in [0.05, 0.1) is 16.8 Å². The molecule has 0 saturated carbocycles. The molecule has 7 nitrogen and oxygen atoms in total. The summed E-state index contributed by atoms with van der Waals surface area (Å²) in [7, 11) is 4.02. The van der Waals surface area contributed by atoms with Crippen molar-refractivity contribution in [3.05, 3.63) is 74.5 Å². The maximum Gasteiger partial charge on any atom is 0.416 e. The lowest BCUT2D eigenvalue weighted by Gasteiger charge is -2.28. The van der Waals surface area contributed by atoms with Gasteiger partial charge >= 0.3 is 6.18 Å². The van der Waals surface area contributed by atoms with Crippen LogP contribution in [0.4, 0.5) is 23.2 Å². The number of nitrogens with zero attached hydrogens (tertiary/aromatic N) is 5. The molecule has 4 heterocycles. The Morgan fingerprint density at radius 2 is 1.90 bits per heavy atom. The van der Waals surface area contributed by atoms with Crippen LogP contribution < -0.4 is 5.32 Å². The average molecular weight is 605 g/mol. The second-order valence-corrected chi connectivity index (χ2v) is 12.9. The van der Waals surface area contributed by atoms with E-state index in [1.165, 1.54) is 37.6 Å². The van der Waals surface area contributed by atoms with Crippen molar-refractivity contribution in [2.45, 2.75) is 64.2 Å². The van der Waals surface area contributed by atoms with E-state index in [0.29, 0.717) is 55.5 Å². The van der Waals surface area contributed by atoms with Crippen molar-refractivity contribution in [3.8, 4) is 0 Å². The number of halogens is 4. The quantitative estimate of drug-likeness (QED) is 0.333. The van der Waals surface area contributed by atoms with Gasteiger partial charge in [-0.25, -0.2) is 14.4 Å². The van der Waals surface area contributed by atoms with Crippen molar-refractivity contribution < 1.29 is 22.4 Å². The van der Waals surface area contributed by atoms with Gasteiger partial charge in [-0.3, -0.25) is 14.6 Å². The molecule has 0 aliphatic carbocycles. The van der Waals surface area contributed by atoms with E-state index in [0.717, 1.165) is 41.6 Å². The predicted molar refractivity (Wildman–Crippen MR) is 155 cm³/mol. The molecule has 226 valence electrons. The van der Waals surface area contributed by atoms with Crippen molar-refractivity contribution in [2.75, 3.05) is 39.0 Å². The molecule has 1 fully saturated rings. The van der Waals surface area contributed by atoms with E-state index in [1.807, 2.05) is 14.1 Å². The fourth-order valence-electron chi connectivity index (χ4n) is 5.81. The van der Waals surface area contributed by atoms with Crippen LogP contribution in [0.15, 0.2) is 36.1 Å². The molecule has 3 aromatic rings. The minimum absolute atomic E-state index is 0.135. The third-order valence-electron chi connectivity index (χ3n) is 7.98. The summed E-state index contributed by atoms with van der Waals surface area (Å²) in [4.78, 5) is 29.0. The van der Waals surface area contributed by atoms with Crippen molar-refractivity contribution in [2.24, 2.45) is 0 Å². The number of aromatic nitrogens is 2. The molecule has 1 atom stereocenters. The lowest BCUT2D eigenvalue weighted by Crippen LogP contribution is -2.31. The molecule has 42 heavy (non-hydrogen) atoms. The van der Waals surface area contributed by atoms with E-state index < -0.39 is 23.3 Å². The third-order valence-corrected chi connectivity index (χ3v) is 8.99. The Balaban J connectivity index is 1.30. The SMILES string of the molecule is CN(C)C1CCN(Cc2cc(NC(=O)c3csc4c3CCN(Cc3cncnc3C(C)(C)F)C4)cc(C(F)(F)F)c2)C1. The largest absolute Gasteiger partial charge is 0.416 e. The van der Waals surface area contributed by atoms with Crippen LogP contribution in [0.3, 0.4) is 0 Å². The highest BCUT2D eigenvalue weighted by molar-refractivity contribution is 7.10. The zero-order valence-corrected chi connectivity index (χ0v) is 25.1. The van der Waals surface area contributed by atoms with E-state index in [9.17, 15) is 22.4 Å². The highest BCUT2D eigenvalue weighted by atomic mass is 32.1. The van der Waals surface area contributed by atoms with Crippen LogP contribution in [-0.4, -0.2) is 70.3 Å². The number of carbonyl (C=O) groups excluding carboxylic acids is 1. The number of hydrogen-bond donors (Lipinski definition) is 1. The maximum absolute atomic E-state index is 14.7. The Kier molecular flexibility index (Phi) is 8.71. The number of amides is 1. The van der Waals surface area contributed by atoms with E-state index in [2.05, 4.69) is 30.0 Å². The van der Waals surface area contributed by atoms with Gasteiger partial charge in [0.25, 0.3) is 5.91 Å². The van der Waals surface area contributed by atoms with Crippen molar-refractivity contribution in [1.82, 2.24) is 24.7 Å². The number of rotatable bonds is 8. The van der Waals surface area contributed by atoms with Crippen molar-refractivity contribution >= 4 is 22.9 Å². The average Bonchev–Trinajstić information content (AvgIpc) is 3.55. The third kappa shape index (κ3) is 6.99. The monoisotopic (exact) mass is 604 g/mol. The lowest BCUT2D eigenvalue weighted by atomic mass is 9.99. The molecule has 2 aliphatic rings. The summed E-state index contributed by atoms with van der Waals surface area (Å²) in [5.74, 6) is -0.419. The van der Waals surface area contributed by atoms with E-state index >= 15 is 0 Å². The van der Waals surface area contributed by atoms with Gasteiger partial charge in [-0.1, -0.05) is 0 Å². The molecule has 1 unspecified atom stereocenters. The number of fused-ring (bicyclic) bond motifs is 1. The van der Waals surface area contributed by atoms with Crippen LogP contribution in [0.25, 0.3) is 0 Å². The van der Waals surface area contributed by atoms with Crippen LogP contribution in [-0.2, 0) is 37.9 Å². The summed E-state index contributed by atoms with van der Waals surface area (Å²) in [6, 6.07) is 4.19. The van der Waals surface area contributed by atoms with Crippen molar-refractivity contribution in [1.29, 1.82) is 0 Å². The first-order valence-corrected chi connectivity index (χ1v) is 14.9. The highest BCUT2D eigenvalue weighted by Gasteiger charge is 2.33. The normalized spacial score (nSPS) is 18.5. The van der Waals surface area contributed by atoms with Crippen molar-refractivity contribution in [3.63, 3.8) is 0 Å². The summed E-state index contributed by atoms with van der Waals surface area (Å²) >= 11 is 1.45. The van der Waals surface area contributed by atoms with Crippen LogP contribution in [0, 0.1) is 0 Å². The standard InChI is InChI=1S/C30H36F4N6OS/c1-29(2,31)27-20(12-35-18-36-27)14-40-8-6-24-25(17-42-26(24)16-40)28(41)37-22-10-19(9-21(11-22)30(32,33)34)13-39-7-5-23(15-39)38(3)4/h9-12,17-18,23H,5-8,13-16H2,1-4H3,(H,37,41). The minimum atomic E-state index is -4.53. The smallest absolute Gasteiger partial charge is 0.322 e. The first-order valence-electron chi connectivity index (χ1n) is 14.0. The van der Waals surface area contributed by atoms with E-state index in [4.69, 9.17) is 0 Å². The van der Waals surface area contributed by atoms with Gasteiger partial charge in [-0.15, -0.1) is 11.3 Å². The molecule has 5 rings (SSSR count). The second-order valence-electron chi connectivity index (χ2n) is 11.9. The molecule has 2 aromatic heterocycles. The Morgan fingerprint density at radius 1 is 1.12 bits per heavy atom. The summed E-state index contributed by atoms with van der Waals surface area (Å²) in [6.07, 6.45) is 0.0154.